The van der Waals surface area contributed by atoms with Gasteiger partial charge in [-0.3, -0.25) is 4.98 Å². The summed E-state index contributed by atoms with van der Waals surface area (Å²) in [5, 5.41) is 3.35. The molecule has 0 atom stereocenters. The Kier molecular flexibility index (Phi) is 5.25. The Bertz CT molecular complexity index is 1150. The molecule has 1 aliphatic rings. The van der Waals surface area contributed by atoms with E-state index in [0.29, 0.717) is 5.95 Å². The molecule has 3 heterocycles. The van der Waals surface area contributed by atoms with Crippen molar-refractivity contribution in [3.8, 4) is 11.3 Å². The van der Waals surface area contributed by atoms with Crippen LogP contribution in [0.15, 0.2) is 59.8 Å². The van der Waals surface area contributed by atoms with E-state index in [-0.39, 0.29) is 0 Å². The minimum atomic E-state index is 0.557. The first kappa shape index (κ1) is 18.9. The van der Waals surface area contributed by atoms with Crippen molar-refractivity contribution in [3.63, 3.8) is 0 Å². The summed E-state index contributed by atoms with van der Waals surface area (Å²) >= 11 is 1.72. The molecule has 4 aromatic rings. The van der Waals surface area contributed by atoms with Gasteiger partial charge in [0, 0.05) is 34.9 Å². The summed E-state index contributed by atoms with van der Waals surface area (Å²) in [6.07, 6.45) is 3.85. The van der Waals surface area contributed by atoms with Crippen molar-refractivity contribution >= 4 is 40.2 Å². The molecule has 152 valence electrons. The third-order valence-electron chi connectivity index (χ3n) is 5.18. The third kappa shape index (κ3) is 3.83. The van der Waals surface area contributed by atoms with Crippen molar-refractivity contribution in [1.29, 1.82) is 0 Å². The molecule has 30 heavy (non-hydrogen) atoms. The number of morpholine rings is 1. The van der Waals surface area contributed by atoms with E-state index in [1.54, 1.807) is 18.1 Å². The standard InChI is InChI=1S/C22H22N6OS/c1-30-18-4-2-3-15(13-18)19-20-21(24-14-23-20)27-22(26-19)25-16-5-7-17(8-6-16)28-9-11-29-12-10-28/h2-8,13-14H,9-12H2,1H3,(H2,23,24,25,26,27)/p+1. The fraction of sp³-hybridized carbons (Fsp3) is 0.227. The molecule has 0 saturated carbocycles. The number of fused-ring (bicyclic) bond motifs is 1. The molecular formula is C22H23N6OS+. The summed E-state index contributed by atoms with van der Waals surface area (Å²) in [7, 11) is 0. The van der Waals surface area contributed by atoms with Gasteiger partial charge < -0.3 is 15.0 Å². The molecule has 0 spiro atoms. The van der Waals surface area contributed by atoms with Crippen molar-refractivity contribution in [3.05, 3.63) is 54.9 Å². The van der Waals surface area contributed by atoms with Crippen molar-refractivity contribution < 1.29 is 9.72 Å². The predicted octanol–water partition coefficient (Wildman–Crippen LogP) is 3.74. The first-order chi connectivity index (χ1) is 14.8. The third-order valence-corrected chi connectivity index (χ3v) is 5.90. The number of anilines is 3. The van der Waals surface area contributed by atoms with Gasteiger partial charge in [-0.1, -0.05) is 17.1 Å². The van der Waals surface area contributed by atoms with E-state index < -0.39 is 0 Å². The molecule has 0 radical (unpaired) electrons. The van der Waals surface area contributed by atoms with E-state index in [1.807, 2.05) is 0 Å². The Morgan fingerprint density at radius 2 is 1.93 bits per heavy atom. The number of aromatic amines is 2. The van der Waals surface area contributed by atoms with Crippen molar-refractivity contribution in [2.45, 2.75) is 4.90 Å². The van der Waals surface area contributed by atoms with Crippen LogP contribution in [-0.2, 0) is 4.74 Å². The average molecular weight is 420 g/mol. The lowest BCUT2D eigenvalue weighted by Gasteiger charge is -2.28. The first-order valence-electron chi connectivity index (χ1n) is 9.91. The summed E-state index contributed by atoms with van der Waals surface area (Å²) < 4.78 is 5.44. The van der Waals surface area contributed by atoms with Gasteiger partial charge in [-0.05, 0) is 42.7 Å². The molecule has 0 bridgehead atoms. The summed E-state index contributed by atoms with van der Waals surface area (Å²) in [5.74, 6) is 0.557. The lowest BCUT2D eigenvalue weighted by atomic mass is 10.1. The number of benzene rings is 2. The van der Waals surface area contributed by atoms with Gasteiger partial charge >= 0.3 is 11.6 Å². The molecule has 2 aromatic carbocycles. The zero-order valence-electron chi connectivity index (χ0n) is 16.7. The predicted molar refractivity (Wildman–Crippen MR) is 120 cm³/mol. The monoisotopic (exact) mass is 419 g/mol. The molecule has 2 aromatic heterocycles. The number of H-pyrrole nitrogens is 2. The molecule has 7 nitrogen and oxygen atoms in total. The molecule has 3 N–H and O–H groups in total. The van der Waals surface area contributed by atoms with Crippen LogP contribution >= 0.6 is 11.8 Å². The Hall–Kier alpha value is -3.10. The molecule has 1 aliphatic heterocycles. The Morgan fingerprint density at radius 1 is 1.10 bits per heavy atom. The molecular weight excluding hydrogens is 396 g/mol. The van der Waals surface area contributed by atoms with Crippen LogP contribution in [0.4, 0.5) is 17.3 Å². The highest BCUT2D eigenvalue weighted by molar-refractivity contribution is 7.98. The maximum atomic E-state index is 5.44. The second kappa shape index (κ2) is 8.33. The number of ether oxygens (including phenoxy) is 1. The number of hydrogen-bond acceptors (Lipinski definition) is 6. The smallest absolute Gasteiger partial charge is 0.305 e. The number of nitrogens with one attached hydrogen (secondary N) is 3. The number of aromatic nitrogens is 4. The maximum absolute atomic E-state index is 5.44. The van der Waals surface area contributed by atoms with Crippen molar-refractivity contribution in [2.24, 2.45) is 0 Å². The van der Waals surface area contributed by atoms with Crippen molar-refractivity contribution in [2.75, 3.05) is 42.8 Å². The van der Waals surface area contributed by atoms with Gasteiger partial charge in [-0.15, -0.1) is 11.8 Å². The van der Waals surface area contributed by atoms with E-state index in [0.717, 1.165) is 54.4 Å². The fourth-order valence-corrected chi connectivity index (χ4v) is 4.08. The Balaban J connectivity index is 1.44. The maximum Gasteiger partial charge on any atom is 0.305 e. The number of hydrogen-bond donors (Lipinski definition) is 2. The zero-order valence-corrected chi connectivity index (χ0v) is 17.5. The highest BCUT2D eigenvalue weighted by Crippen LogP contribution is 2.28. The lowest BCUT2D eigenvalue weighted by molar-refractivity contribution is -0.347. The quantitative estimate of drug-likeness (QED) is 0.480. The summed E-state index contributed by atoms with van der Waals surface area (Å²) in [5.41, 5.74) is 5.73. The molecule has 0 unspecified atom stereocenters. The zero-order chi connectivity index (χ0) is 20.3. The van der Waals surface area contributed by atoms with Gasteiger partial charge in [-0.2, -0.15) is 4.98 Å². The number of rotatable bonds is 5. The van der Waals surface area contributed by atoms with Gasteiger partial charge in [0.05, 0.1) is 13.2 Å². The van der Waals surface area contributed by atoms with E-state index >= 15 is 0 Å². The Labute approximate surface area is 178 Å². The van der Waals surface area contributed by atoms with Crippen molar-refractivity contribution in [1.82, 2.24) is 15.0 Å². The first-order valence-corrected chi connectivity index (χ1v) is 11.1. The number of nitrogens with zero attached hydrogens (tertiary/aromatic N) is 3. The van der Waals surface area contributed by atoms with E-state index in [1.165, 1.54) is 10.6 Å². The molecule has 1 fully saturated rings. The van der Waals surface area contributed by atoms with Gasteiger partial charge in [0.25, 0.3) is 0 Å². The van der Waals surface area contributed by atoms with Crippen LogP contribution in [0, 0.1) is 0 Å². The van der Waals surface area contributed by atoms with Crippen LogP contribution in [0.25, 0.3) is 22.4 Å². The SMILES string of the molecule is CSc1cccc(-c2nc(Nc3ccc(N4CCOCC4)cc3)nc3[nH+]c[nH]c23)c1. The highest BCUT2D eigenvalue weighted by Gasteiger charge is 2.18. The second-order valence-corrected chi connectivity index (χ2v) is 7.94. The lowest BCUT2D eigenvalue weighted by Crippen LogP contribution is -2.36. The molecule has 0 amide bonds. The van der Waals surface area contributed by atoms with E-state index in [2.05, 4.69) is 80.0 Å². The minimum absolute atomic E-state index is 0.557. The van der Waals surface area contributed by atoms with Crippen LogP contribution in [0.5, 0.6) is 0 Å². The highest BCUT2D eigenvalue weighted by atomic mass is 32.2. The van der Waals surface area contributed by atoms with Gasteiger partial charge in [0.15, 0.2) is 11.8 Å². The summed E-state index contributed by atoms with van der Waals surface area (Å²) in [6, 6.07) is 16.7. The second-order valence-electron chi connectivity index (χ2n) is 7.06. The van der Waals surface area contributed by atoms with Crippen LogP contribution < -0.4 is 15.2 Å². The van der Waals surface area contributed by atoms with Crippen LogP contribution in [0.3, 0.4) is 0 Å². The largest absolute Gasteiger partial charge is 0.378 e. The normalized spacial score (nSPS) is 14.2. The molecule has 1 saturated heterocycles. The number of imidazole rings is 1. The molecule has 8 heteroatoms. The number of thioether (sulfide) groups is 1. The summed E-state index contributed by atoms with van der Waals surface area (Å²) in [4.78, 5) is 19.4. The van der Waals surface area contributed by atoms with Gasteiger partial charge in [-0.25, -0.2) is 4.98 Å². The van der Waals surface area contributed by atoms with Crippen LogP contribution in [0.1, 0.15) is 0 Å². The minimum Gasteiger partial charge on any atom is -0.378 e. The Morgan fingerprint density at radius 3 is 2.73 bits per heavy atom. The van der Waals surface area contributed by atoms with E-state index in [9.17, 15) is 0 Å². The van der Waals surface area contributed by atoms with Gasteiger partial charge in [0.1, 0.15) is 5.69 Å². The summed E-state index contributed by atoms with van der Waals surface area (Å²) in [6.45, 7) is 3.41. The molecule has 5 rings (SSSR count). The van der Waals surface area contributed by atoms with Crippen LogP contribution in [-0.4, -0.2) is 47.5 Å². The molecule has 0 aliphatic carbocycles. The van der Waals surface area contributed by atoms with Crippen LogP contribution in [0.2, 0.25) is 0 Å². The average Bonchev–Trinajstić information content (AvgIpc) is 3.28. The fourth-order valence-electron chi connectivity index (χ4n) is 3.62. The topological polar surface area (TPSA) is 80.2 Å². The van der Waals surface area contributed by atoms with Gasteiger partial charge in [0.2, 0.25) is 0 Å². The van der Waals surface area contributed by atoms with E-state index in [4.69, 9.17) is 9.72 Å².